The molecular weight excluding hydrogens is 316 g/mol. The number of hydrogen-bond donors (Lipinski definition) is 1. The largest absolute Gasteiger partial charge is 0.497 e. The Hall–Kier alpha value is -2.43. The van der Waals surface area contributed by atoms with Crippen LogP contribution < -0.4 is 0 Å². The van der Waals surface area contributed by atoms with Crippen molar-refractivity contribution in [2.75, 3.05) is 7.11 Å². The van der Waals surface area contributed by atoms with Crippen molar-refractivity contribution in [3.63, 3.8) is 0 Å². The van der Waals surface area contributed by atoms with Crippen LogP contribution >= 0.6 is 0 Å². The fourth-order valence-electron chi connectivity index (χ4n) is 2.05. The number of ether oxygens (including phenoxy) is 1. The van der Waals surface area contributed by atoms with E-state index in [1.807, 2.05) is 13.0 Å². The van der Waals surface area contributed by atoms with E-state index in [1.165, 1.54) is 31.4 Å². The van der Waals surface area contributed by atoms with Crippen molar-refractivity contribution in [1.29, 1.82) is 10.7 Å². The first-order valence-electron chi connectivity index (χ1n) is 6.79. The van der Waals surface area contributed by atoms with E-state index in [1.54, 1.807) is 18.2 Å². The number of hydrogen-bond acceptors (Lipinski definition) is 6. The molecule has 6 nitrogen and oxygen atoms in total. The van der Waals surface area contributed by atoms with E-state index in [2.05, 4.69) is 0 Å². The molecule has 1 aliphatic rings. The molecule has 0 spiro atoms. The average Bonchev–Trinajstić information content (AvgIpc) is 2.53. The first kappa shape index (κ1) is 16.9. The summed E-state index contributed by atoms with van der Waals surface area (Å²) in [5.74, 6) is -0.316. The summed E-state index contributed by atoms with van der Waals surface area (Å²) in [6, 6.07) is 7.94. The summed E-state index contributed by atoms with van der Waals surface area (Å²) in [7, 11) is -2.62. The van der Waals surface area contributed by atoms with Crippen LogP contribution in [0, 0.1) is 29.6 Å². The number of methoxy groups -OCH3 is 1. The van der Waals surface area contributed by atoms with Gasteiger partial charge in [0.2, 0.25) is 0 Å². The summed E-state index contributed by atoms with van der Waals surface area (Å²) in [5, 5.41) is 17.2. The highest BCUT2D eigenvalue weighted by Gasteiger charge is 2.31. The van der Waals surface area contributed by atoms with Crippen LogP contribution in [0.4, 0.5) is 0 Å². The Labute approximate surface area is 135 Å². The SMILES string of the molecule is COC1=CC(=N)C(C(C#N)OS(=O)(=O)c2ccc(C)cc2)C=C1. The summed E-state index contributed by atoms with van der Waals surface area (Å²) in [6.45, 7) is 1.84. The zero-order chi connectivity index (χ0) is 17.0. The van der Waals surface area contributed by atoms with Crippen LogP contribution in [0.3, 0.4) is 0 Å². The van der Waals surface area contributed by atoms with Gasteiger partial charge in [0.25, 0.3) is 10.1 Å². The van der Waals surface area contributed by atoms with Gasteiger partial charge < -0.3 is 10.1 Å². The van der Waals surface area contributed by atoms with Gasteiger partial charge in [-0.2, -0.15) is 13.7 Å². The summed E-state index contributed by atoms with van der Waals surface area (Å²) in [5.41, 5.74) is 0.963. The lowest BCUT2D eigenvalue weighted by atomic mass is 9.93. The predicted octanol–water partition coefficient (Wildman–Crippen LogP) is 2.33. The summed E-state index contributed by atoms with van der Waals surface area (Å²) < 4.78 is 34.6. The van der Waals surface area contributed by atoms with Gasteiger partial charge >= 0.3 is 0 Å². The van der Waals surface area contributed by atoms with E-state index in [-0.39, 0.29) is 10.6 Å². The molecule has 0 bridgehead atoms. The minimum absolute atomic E-state index is 0.0252. The van der Waals surface area contributed by atoms with Gasteiger partial charge in [-0.15, -0.1) is 0 Å². The van der Waals surface area contributed by atoms with Crippen molar-refractivity contribution in [3.05, 3.63) is 53.8 Å². The number of nitriles is 1. The minimum atomic E-state index is -4.09. The third kappa shape index (κ3) is 3.86. The number of nitrogens with one attached hydrogen (secondary N) is 1. The van der Waals surface area contributed by atoms with Crippen molar-refractivity contribution in [1.82, 2.24) is 0 Å². The second kappa shape index (κ2) is 6.77. The normalized spacial score (nSPS) is 18.9. The standard InChI is InChI=1S/C16H16N2O4S/c1-11-3-6-13(7-4-11)23(19,20)22-16(10-17)14-8-5-12(21-2)9-15(14)18/h3-9,14,16,18H,1-2H3. The number of benzene rings is 1. The van der Waals surface area contributed by atoms with Gasteiger partial charge in [0.15, 0.2) is 6.10 Å². The topological polar surface area (TPSA) is 100 Å². The molecule has 2 unspecified atom stereocenters. The molecule has 2 atom stereocenters. The maximum Gasteiger partial charge on any atom is 0.298 e. The second-order valence-corrected chi connectivity index (χ2v) is 6.58. The van der Waals surface area contributed by atoms with Gasteiger partial charge in [-0.25, -0.2) is 4.18 Å². The molecule has 1 aromatic carbocycles. The molecule has 1 aromatic rings. The Bertz CT molecular complexity index is 801. The lowest BCUT2D eigenvalue weighted by Gasteiger charge is -2.21. The van der Waals surface area contributed by atoms with Gasteiger partial charge in [-0.3, -0.25) is 0 Å². The monoisotopic (exact) mass is 332 g/mol. The zero-order valence-corrected chi connectivity index (χ0v) is 13.5. The van der Waals surface area contributed by atoms with Crippen LogP contribution in [0.15, 0.2) is 53.1 Å². The lowest BCUT2D eigenvalue weighted by Crippen LogP contribution is -2.30. The summed E-state index contributed by atoms with van der Waals surface area (Å²) in [6.07, 6.45) is 3.21. The predicted molar refractivity (Wildman–Crippen MR) is 84.3 cm³/mol. The number of nitrogens with zero attached hydrogens (tertiary/aromatic N) is 1. The average molecular weight is 332 g/mol. The molecule has 0 aromatic heterocycles. The molecular formula is C16H16N2O4S. The summed E-state index contributed by atoms with van der Waals surface area (Å²) in [4.78, 5) is -0.0252. The van der Waals surface area contributed by atoms with Crippen LogP contribution in [-0.2, 0) is 19.0 Å². The third-order valence-electron chi connectivity index (χ3n) is 3.35. The van der Waals surface area contributed by atoms with Gasteiger partial charge in [0.1, 0.15) is 5.76 Å². The highest BCUT2D eigenvalue weighted by molar-refractivity contribution is 7.86. The Kier molecular flexibility index (Phi) is 4.98. The molecule has 0 saturated heterocycles. The summed E-state index contributed by atoms with van der Waals surface area (Å²) >= 11 is 0. The van der Waals surface area contributed by atoms with E-state index in [0.29, 0.717) is 5.76 Å². The smallest absolute Gasteiger partial charge is 0.298 e. The van der Waals surface area contributed by atoms with E-state index in [9.17, 15) is 13.7 Å². The maximum atomic E-state index is 12.3. The number of allylic oxidation sites excluding steroid dienone is 2. The van der Waals surface area contributed by atoms with Gasteiger partial charge in [-0.05, 0) is 25.1 Å². The van der Waals surface area contributed by atoms with Gasteiger partial charge in [-0.1, -0.05) is 23.8 Å². The third-order valence-corrected chi connectivity index (χ3v) is 4.66. The number of aryl methyl sites for hydroxylation is 1. The van der Waals surface area contributed by atoms with Crippen LogP contribution in [0.25, 0.3) is 0 Å². The van der Waals surface area contributed by atoms with Crippen molar-refractivity contribution < 1.29 is 17.3 Å². The Morgan fingerprint density at radius 1 is 1.30 bits per heavy atom. The first-order valence-corrected chi connectivity index (χ1v) is 8.20. The van der Waals surface area contributed by atoms with E-state index < -0.39 is 22.1 Å². The molecule has 0 aliphatic heterocycles. The Balaban J connectivity index is 2.22. The van der Waals surface area contributed by atoms with Gasteiger partial charge in [0, 0.05) is 11.8 Å². The molecule has 0 radical (unpaired) electrons. The van der Waals surface area contributed by atoms with Crippen LogP contribution in [-0.4, -0.2) is 27.3 Å². The second-order valence-electron chi connectivity index (χ2n) is 5.00. The fourth-order valence-corrected chi connectivity index (χ4v) is 3.07. The van der Waals surface area contributed by atoms with Crippen molar-refractivity contribution >= 4 is 15.8 Å². The Morgan fingerprint density at radius 3 is 2.48 bits per heavy atom. The Morgan fingerprint density at radius 2 is 1.96 bits per heavy atom. The molecule has 1 N–H and O–H groups in total. The minimum Gasteiger partial charge on any atom is -0.497 e. The van der Waals surface area contributed by atoms with Gasteiger partial charge in [0.05, 0.1) is 24.0 Å². The van der Waals surface area contributed by atoms with Crippen molar-refractivity contribution in [2.24, 2.45) is 5.92 Å². The van der Waals surface area contributed by atoms with Crippen molar-refractivity contribution in [3.8, 4) is 6.07 Å². The molecule has 120 valence electrons. The molecule has 23 heavy (non-hydrogen) atoms. The number of rotatable bonds is 5. The zero-order valence-electron chi connectivity index (χ0n) is 12.7. The molecule has 0 amide bonds. The molecule has 1 aliphatic carbocycles. The van der Waals surface area contributed by atoms with Crippen molar-refractivity contribution in [2.45, 2.75) is 17.9 Å². The molecule has 0 fully saturated rings. The molecule has 0 saturated carbocycles. The fraction of sp³-hybridized carbons (Fsp3) is 0.250. The maximum absolute atomic E-state index is 12.3. The van der Waals surface area contributed by atoms with E-state index in [4.69, 9.17) is 14.3 Å². The van der Waals surface area contributed by atoms with Crippen LogP contribution in [0.5, 0.6) is 0 Å². The highest BCUT2D eigenvalue weighted by atomic mass is 32.2. The van der Waals surface area contributed by atoms with Crippen LogP contribution in [0.1, 0.15) is 5.56 Å². The molecule has 0 heterocycles. The van der Waals surface area contributed by atoms with E-state index >= 15 is 0 Å². The lowest BCUT2D eigenvalue weighted by molar-refractivity contribution is 0.241. The van der Waals surface area contributed by atoms with E-state index in [0.717, 1.165) is 5.56 Å². The molecule has 2 rings (SSSR count). The first-order chi connectivity index (χ1) is 10.9. The quantitative estimate of drug-likeness (QED) is 0.834. The molecule has 7 heteroatoms. The highest BCUT2D eigenvalue weighted by Crippen LogP contribution is 2.23. The van der Waals surface area contributed by atoms with Crippen LogP contribution in [0.2, 0.25) is 0 Å².